The predicted octanol–water partition coefficient (Wildman–Crippen LogP) is 5.09. The van der Waals surface area contributed by atoms with Gasteiger partial charge in [0.15, 0.2) is 5.76 Å². The number of hydrogen-bond donors (Lipinski definition) is 1. The van der Waals surface area contributed by atoms with Crippen LogP contribution in [-0.2, 0) is 13.0 Å². The SMILES string of the molecule is Nc1ccccc1-c1cc(Cc2ccc(OCc3ccccc3)cc2)no1. The van der Waals surface area contributed by atoms with Gasteiger partial charge in [0.1, 0.15) is 12.4 Å². The van der Waals surface area contributed by atoms with E-state index in [-0.39, 0.29) is 0 Å². The number of aromatic nitrogens is 1. The molecule has 4 rings (SSSR count). The van der Waals surface area contributed by atoms with Crippen molar-refractivity contribution < 1.29 is 9.26 Å². The molecule has 0 saturated carbocycles. The molecule has 0 amide bonds. The molecule has 134 valence electrons. The first-order valence-corrected chi connectivity index (χ1v) is 8.84. The summed E-state index contributed by atoms with van der Waals surface area (Å²) in [4.78, 5) is 0. The molecule has 0 bridgehead atoms. The molecule has 0 spiro atoms. The maximum Gasteiger partial charge on any atom is 0.169 e. The molecule has 1 heterocycles. The van der Waals surface area contributed by atoms with Crippen LogP contribution in [0.1, 0.15) is 16.8 Å². The zero-order valence-electron chi connectivity index (χ0n) is 14.8. The van der Waals surface area contributed by atoms with Crippen molar-refractivity contribution in [1.82, 2.24) is 5.16 Å². The van der Waals surface area contributed by atoms with Crippen molar-refractivity contribution in [2.75, 3.05) is 5.73 Å². The van der Waals surface area contributed by atoms with Crippen LogP contribution in [0.4, 0.5) is 5.69 Å². The highest BCUT2D eigenvalue weighted by molar-refractivity contribution is 5.72. The second-order valence-corrected chi connectivity index (χ2v) is 6.36. The number of anilines is 1. The molecule has 3 aromatic carbocycles. The Morgan fingerprint density at radius 1 is 0.815 bits per heavy atom. The van der Waals surface area contributed by atoms with Gasteiger partial charge in [-0.05, 0) is 35.4 Å². The van der Waals surface area contributed by atoms with E-state index in [1.807, 2.05) is 72.8 Å². The summed E-state index contributed by atoms with van der Waals surface area (Å²) in [6.07, 6.45) is 0.690. The van der Waals surface area contributed by atoms with Gasteiger partial charge in [-0.15, -0.1) is 0 Å². The van der Waals surface area contributed by atoms with E-state index < -0.39 is 0 Å². The third-order valence-electron chi connectivity index (χ3n) is 4.34. The number of ether oxygens (including phenoxy) is 1. The van der Waals surface area contributed by atoms with Crippen LogP contribution >= 0.6 is 0 Å². The summed E-state index contributed by atoms with van der Waals surface area (Å²) in [5.41, 5.74) is 10.7. The lowest BCUT2D eigenvalue weighted by atomic mass is 10.1. The van der Waals surface area contributed by atoms with E-state index in [9.17, 15) is 0 Å². The second kappa shape index (κ2) is 7.79. The molecule has 4 aromatic rings. The molecule has 0 aliphatic rings. The Kier molecular flexibility index (Phi) is 4.88. The molecule has 0 atom stereocenters. The molecule has 0 fully saturated rings. The van der Waals surface area contributed by atoms with Crippen LogP contribution in [0.5, 0.6) is 5.75 Å². The lowest BCUT2D eigenvalue weighted by Crippen LogP contribution is -1.95. The zero-order valence-corrected chi connectivity index (χ0v) is 14.8. The summed E-state index contributed by atoms with van der Waals surface area (Å²) >= 11 is 0. The maximum atomic E-state index is 6.00. The Morgan fingerprint density at radius 3 is 2.33 bits per heavy atom. The summed E-state index contributed by atoms with van der Waals surface area (Å²) in [7, 11) is 0. The summed E-state index contributed by atoms with van der Waals surface area (Å²) in [6, 6.07) is 27.7. The molecule has 0 aliphatic heterocycles. The van der Waals surface area contributed by atoms with E-state index in [4.69, 9.17) is 15.0 Å². The lowest BCUT2D eigenvalue weighted by molar-refractivity contribution is 0.306. The largest absolute Gasteiger partial charge is 0.489 e. The topological polar surface area (TPSA) is 61.3 Å². The number of benzene rings is 3. The van der Waals surface area contributed by atoms with Crippen molar-refractivity contribution in [1.29, 1.82) is 0 Å². The van der Waals surface area contributed by atoms with Crippen LogP contribution in [0.3, 0.4) is 0 Å². The first-order valence-electron chi connectivity index (χ1n) is 8.84. The van der Waals surface area contributed by atoms with Crippen LogP contribution < -0.4 is 10.5 Å². The smallest absolute Gasteiger partial charge is 0.169 e. The molecular formula is C23H20N2O2. The third-order valence-corrected chi connectivity index (χ3v) is 4.34. The van der Waals surface area contributed by atoms with Crippen LogP contribution in [0.2, 0.25) is 0 Å². The van der Waals surface area contributed by atoms with Gasteiger partial charge in [-0.1, -0.05) is 59.8 Å². The lowest BCUT2D eigenvalue weighted by Gasteiger charge is -2.07. The highest BCUT2D eigenvalue weighted by atomic mass is 16.5. The van der Waals surface area contributed by atoms with Gasteiger partial charge >= 0.3 is 0 Å². The molecule has 27 heavy (non-hydrogen) atoms. The van der Waals surface area contributed by atoms with Crippen LogP contribution in [-0.4, -0.2) is 5.16 Å². The van der Waals surface area contributed by atoms with Gasteiger partial charge in [0, 0.05) is 23.7 Å². The predicted molar refractivity (Wildman–Crippen MR) is 106 cm³/mol. The number of nitrogens with two attached hydrogens (primary N) is 1. The monoisotopic (exact) mass is 356 g/mol. The molecular weight excluding hydrogens is 336 g/mol. The highest BCUT2D eigenvalue weighted by Crippen LogP contribution is 2.27. The average molecular weight is 356 g/mol. The van der Waals surface area contributed by atoms with Gasteiger partial charge in [-0.3, -0.25) is 0 Å². The normalized spacial score (nSPS) is 10.7. The van der Waals surface area contributed by atoms with Gasteiger partial charge < -0.3 is 15.0 Å². The van der Waals surface area contributed by atoms with E-state index in [1.165, 1.54) is 0 Å². The van der Waals surface area contributed by atoms with E-state index in [0.29, 0.717) is 24.5 Å². The van der Waals surface area contributed by atoms with E-state index in [1.54, 1.807) is 0 Å². The third kappa shape index (κ3) is 4.18. The van der Waals surface area contributed by atoms with Gasteiger partial charge in [0.05, 0.1) is 5.69 Å². The van der Waals surface area contributed by atoms with Gasteiger partial charge in [-0.25, -0.2) is 0 Å². The second-order valence-electron chi connectivity index (χ2n) is 6.36. The molecule has 0 unspecified atom stereocenters. The highest BCUT2D eigenvalue weighted by Gasteiger charge is 2.10. The summed E-state index contributed by atoms with van der Waals surface area (Å²) in [6.45, 7) is 0.561. The van der Waals surface area contributed by atoms with Crippen LogP contribution in [0.25, 0.3) is 11.3 Å². The molecule has 0 saturated heterocycles. The van der Waals surface area contributed by atoms with Gasteiger partial charge in [0.2, 0.25) is 0 Å². The minimum Gasteiger partial charge on any atom is -0.489 e. The first-order chi connectivity index (χ1) is 13.3. The standard InChI is InChI=1S/C23H20N2O2/c24-22-9-5-4-8-21(22)23-15-19(25-27-23)14-17-10-12-20(13-11-17)26-16-18-6-2-1-3-7-18/h1-13,15H,14,16,24H2. The van der Waals surface area contributed by atoms with E-state index >= 15 is 0 Å². The van der Waals surface area contributed by atoms with E-state index in [0.717, 1.165) is 28.1 Å². The zero-order chi connectivity index (χ0) is 18.5. The Balaban J connectivity index is 1.39. The van der Waals surface area contributed by atoms with Crippen molar-refractivity contribution in [3.05, 3.63) is 102 Å². The van der Waals surface area contributed by atoms with Gasteiger partial charge in [-0.2, -0.15) is 0 Å². The Labute approximate surface area is 158 Å². The first kappa shape index (κ1) is 16.9. The van der Waals surface area contributed by atoms with Crippen molar-refractivity contribution >= 4 is 5.69 Å². The Hall–Kier alpha value is -3.53. The minimum atomic E-state index is 0.561. The number of para-hydroxylation sites is 1. The van der Waals surface area contributed by atoms with Crippen molar-refractivity contribution in [2.24, 2.45) is 0 Å². The van der Waals surface area contributed by atoms with Gasteiger partial charge in [0.25, 0.3) is 0 Å². The Morgan fingerprint density at radius 2 is 1.56 bits per heavy atom. The van der Waals surface area contributed by atoms with Crippen molar-refractivity contribution in [2.45, 2.75) is 13.0 Å². The number of hydrogen-bond acceptors (Lipinski definition) is 4. The minimum absolute atomic E-state index is 0.561. The fourth-order valence-electron chi connectivity index (χ4n) is 2.90. The molecule has 4 nitrogen and oxygen atoms in total. The fourth-order valence-corrected chi connectivity index (χ4v) is 2.90. The van der Waals surface area contributed by atoms with E-state index in [2.05, 4.69) is 17.3 Å². The number of nitrogens with zero attached hydrogens (tertiary/aromatic N) is 1. The molecule has 0 radical (unpaired) electrons. The summed E-state index contributed by atoms with van der Waals surface area (Å²) < 4.78 is 11.3. The molecule has 4 heteroatoms. The fraction of sp³-hybridized carbons (Fsp3) is 0.0870. The summed E-state index contributed by atoms with van der Waals surface area (Å²) in [5.74, 6) is 1.53. The molecule has 0 aliphatic carbocycles. The van der Waals surface area contributed by atoms with Crippen LogP contribution in [0.15, 0.2) is 89.5 Å². The molecule has 1 aromatic heterocycles. The quantitative estimate of drug-likeness (QED) is 0.489. The average Bonchev–Trinajstić information content (AvgIpc) is 3.17. The number of rotatable bonds is 6. The number of nitrogen functional groups attached to an aromatic ring is 1. The van der Waals surface area contributed by atoms with Crippen LogP contribution in [0, 0.1) is 0 Å². The molecule has 2 N–H and O–H groups in total. The Bertz CT molecular complexity index is 1010. The maximum absolute atomic E-state index is 6.00. The summed E-state index contributed by atoms with van der Waals surface area (Å²) in [5, 5.41) is 4.17. The van der Waals surface area contributed by atoms with Crippen molar-refractivity contribution in [3.8, 4) is 17.1 Å². The van der Waals surface area contributed by atoms with Crippen molar-refractivity contribution in [3.63, 3.8) is 0 Å².